The van der Waals surface area contributed by atoms with Gasteiger partial charge in [0.05, 0.1) is 12.7 Å². The lowest BCUT2D eigenvalue weighted by molar-refractivity contribution is 0.0600. The largest absolute Gasteiger partial charge is 0.465 e. The van der Waals surface area contributed by atoms with Gasteiger partial charge < -0.3 is 9.64 Å². The molecule has 5 nitrogen and oxygen atoms in total. The second-order valence-corrected chi connectivity index (χ2v) is 7.38. The number of carbonyl (C=O) groups is 2. The second kappa shape index (κ2) is 9.51. The van der Waals surface area contributed by atoms with Crippen LogP contribution in [0.3, 0.4) is 0 Å². The maximum atomic E-state index is 12.7. The van der Waals surface area contributed by atoms with Gasteiger partial charge in [-0.2, -0.15) is 0 Å². The van der Waals surface area contributed by atoms with E-state index >= 15 is 0 Å². The van der Waals surface area contributed by atoms with Gasteiger partial charge in [-0.25, -0.2) is 4.79 Å². The van der Waals surface area contributed by atoms with E-state index in [1.165, 1.54) is 31.9 Å². The molecule has 2 aromatic rings. The normalized spacial score (nSPS) is 14.5. The van der Waals surface area contributed by atoms with Crippen molar-refractivity contribution in [3.8, 4) is 0 Å². The van der Waals surface area contributed by atoms with Gasteiger partial charge in [0.2, 0.25) is 0 Å². The van der Waals surface area contributed by atoms with E-state index in [2.05, 4.69) is 17.0 Å². The number of carbonyl (C=O) groups excluding carboxylic acids is 2. The molecule has 1 saturated heterocycles. The van der Waals surface area contributed by atoms with Crippen LogP contribution >= 0.6 is 0 Å². The van der Waals surface area contributed by atoms with Crippen LogP contribution in [-0.2, 0) is 17.8 Å². The molecule has 0 N–H and O–H groups in total. The van der Waals surface area contributed by atoms with Crippen LogP contribution in [0, 0.1) is 0 Å². The van der Waals surface area contributed by atoms with Gasteiger partial charge >= 0.3 is 5.97 Å². The van der Waals surface area contributed by atoms with Gasteiger partial charge in [0, 0.05) is 25.7 Å². The first-order valence-corrected chi connectivity index (χ1v) is 9.81. The molecule has 0 atom stereocenters. The Labute approximate surface area is 166 Å². The number of likely N-dealkylation sites (tertiary alicyclic amines) is 1. The minimum Gasteiger partial charge on any atom is -0.465 e. The number of nitrogens with zero attached hydrogens (tertiary/aromatic N) is 2. The zero-order chi connectivity index (χ0) is 19.9. The van der Waals surface area contributed by atoms with Crippen LogP contribution in [0.2, 0.25) is 0 Å². The molecule has 0 spiro atoms. The summed E-state index contributed by atoms with van der Waals surface area (Å²) in [6.45, 7) is 3.77. The van der Waals surface area contributed by atoms with Crippen LogP contribution in [0.1, 0.15) is 51.1 Å². The zero-order valence-corrected chi connectivity index (χ0v) is 16.7. The third-order valence-electron chi connectivity index (χ3n) is 5.20. The number of benzene rings is 2. The molecule has 1 aliphatic heterocycles. The summed E-state index contributed by atoms with van der Waals surface area (Å²) in [5, 5.41) is 0. The highest BCUT2D eigenvalue weighted by molar-refractivity contribution is 5.94. The van der Waals surface area contributed by atoms with Crippen molar-refractivity contribution in [1.82, 2.24) is 9.80 Å². The molecule has 1 amide bonds. The van der Waals surface area contributed by atoms with Gasteiger partial charge in [0.25, 0.3) is 5.91 Å². The lowest BCUT2D eigenvalue weighted by Crippen LogP contribution is -2.29. The number of piperidine rings is 1. The van der Waals surface area contributed by atoms with Crippen LogP contribution in [-0.4, -0.2) is 48.9 Å². The lowest BCUT2D eigenvalue weighted by atomic mass is 10.1. The number of amides is 1. The average molecular weight is 380 g/mol. The summed E-state index contributed by atoms with van der Waals surface area (Å²) in [5.74, 6) is -0.373. The molecule has 28 heavy (non-hydrogen) atoms. The predicted octanol–water partition coefficient (Wildman–Crippen LogP) is 3.73. The van der Waals surface area contributed by atoms with Gasteiger partial charge in [0.15, 0.2) is 0 Å². The maximum Gasteiger partial charge on any atom is 0.337 e. The van der Waals surface area contributed by atoms with Crippen molar-refractivity contribution in [3.05, 3.63) is 70.8 Å². The third kappa shape index (κ3) is 5.20. The Balaban J connectivity index is 1.57. The van der Waals surface area contributed by atoms with Crippen molar-refractivity contribution in [3.63, 3.8) is 0 Å². The lowest BCUT2D eigenvalue weighted by Gasteiger charge is -2.26. The van der Waals surface area contributed by atoms with Crippen molar-refractivity contribution in [1.29, 1.82) is 0 Å². The number of hydrogen-bond acceptors (Lipinski definition) is 4. The monoisotopic (exact) mass is 380 g/mol. The first-order chi connectivity index (χ1) is 13.6. The fourth-order valence-corrected chi connectivity index (χ4v) is 3.56. The summed E-state index contributed by atoms with van der Waals surface area (Å²) in [6.07, 6.45) is 3.89. The summed E-state index contributed by atoms with van der Waals surface area (Å²) < 4.78 is 4.70. The van der Waals surface area contributed by atoms with Crippen molar-refractivity contribution >= 4 is 11.9 Å². The molecule has 3 rings (SSSR count). The molecule has 1 heterocycles. The van der Waals surface area contributed by atoms with Gasteiger partial charge in [0.1, 0.15) is 0 Å². The fourth-order valence-electron chi connectivity index (χ4n) is 3.56. The number of hydrogen-bond donors (Lipinski definition) is 0. The van der Waals surface area contributed by atoms with E-state index in [1.807, 2.05) is 24.3 Å². The van der Waals surface area contributed by atoms with Crippen molar-refractivity contribution in [2.75, 3.05) is 27.2 Å². The van der Waals surface area contributed by atoms with Gasteiger partial charge in [-0.3, -0.25) is 9.69 Å². The molecule has 1 fully saturated rings. The molecule has 0 radical (unpaired) electrons. The molecule has 148 valence electrons. The van der Waals surface area contributed by atoms with E-state index in [4.69, 9.17) is 4.74 Å². The fraction of sp³-hybridized carbons (Fsp3) is 0.391. The van der Waals surface area contributed by atoms with Crippen molar-refractivity contribution in [2.24, 2.45) is 0 Å². The SMILES string of the molecule is COC(=O)c1ccc(CN(C)C(=O)c2ccc(CN3CCCCC3)cc2)cc1. The van der Waals surface area contributed by atoms with Gasteiger partial charge in [-0.15, -0.1) is 0 Å². The van der Waals surface area contributed by atoms with Crippen LogP contribution in [0.5, 0.6) is 0 Å². The molecule has 0 aliphatic carbocycles. The maximum absolute atomic E-state index is 12.7. The minimum atomic E-state index is -0.361. The minimum absolute atomic E-state index is 0.0124. The smallest absolute Gasteiger partial charge is 0.337 e. The molecule has 0 bridgehead atoms. The number of rotatable bonds is 6. The highest BCUT2D eigenvalue weighted by Crippen LogP contribution is 2.15. The van der Waals surface area contributed by atoms with E-state index in [1.54, 1.807) is 24.1 Å². The Hall–Kier alpha value is -2.66. The Morgan fingerprint density at radius 1 is 0.893 bits per heavy atom. The van der Waals surface area contributed by atoms with Crippen molar-refractivity contribution < 1.29 is 14.3 Å². The van der Waals surface area contributed by atoms with Crippen molar-refractivity contribution in [2.45, 2.75) is 32.4 Å². The number of methoxy groups -OCH3 is 1. The molecule has 0 saturated carbocycles. The molecular weight excluding hydrogens is 352 g/mol. The number of ether oxygens (including phenoxy) is 1. The topological polar surface area (TPSA) is 49.9 Å². The first-order valence-electron chi connectivity index (χ1n) is 9.81. The summed E-state index contributed by atoms with van der Waals surface area (Å²) in [7, 11) is 3.15. The van der Waals surface area contributed by atoms with E-state index in [-0.39, 0.29) is 11.9 Å². The first kappa shape index (κ1) is 20.1. The Morgan fingerprint density at radius 3 is 2.07 bits per heavy atom. The van der Waals surface area contributed by atoms with Crippen LogP contribution in [0.4, 0.5) is 0 Å². The van der Waals surface area contributed by atoms with Gasteiger partial charge in [-0.05, 0) is 61.3 Å². The molecule has 0 aromatic heterocycles. The molecule has 0 unspecified atom stereocenters. The summed E-state index contributed by atoms with van der Waals surface area (Å²) in [6, 6.07) is 15.1. The van der Waals surface area contributed by atoms with Crippen LogP contribution < -0.4 is 0 Å². The standard InChI is InChI=1S/C23H28N2O3/c1-24(16-18-8-12-21(13-9-18)23(27)28-2)22(26)20-10-6-19(7-11-20)17-25-14-4-3-5-15-25/h6-13H,3-5,14-17H2,1-2H3. The third-order valence-corrected chi connectivity index (χ3v) is 5.20. The highest BCUT2D eigenvalue weighted by Gasteiger charge is 2.14. The van der Waals surface area contributed by atoms with E-state index < -0.39 is 0 Å². The molecule has 2 aromatic carbocycles. The Bertz CT molecular complexity index is 794. The number of esters is 1. The molecule has 1 aliphatic rings. The van der Waals surface area contributed by atoms with E-state index in [0.29, 0.717) is 17.7 Å². The van der Waals surface area contributed by atoms with Crippen LogP contribution in [0.15, 0.2) is 48.5 Å². The van der Waals surface area contributed by atoms with Crippen LogP contribution in [0.25, 0.3) is 0 Å². The van der Waals surface area contributed by atoms with Gasteiger partial charge in [-0.1, -0.05) is 30.7 Å². The van der Waals surface area contributed by atoms with E-state index in [9.17, 15) is 9.59 Å². The summed E-state index contributed by atoms with van der Waals surface area (Å²) in [4.78, 5) is 28.4. The second-order valence-electron chi connectivity index (χ2n) is 7.38. The average Bonchev–Trinajstić information content (AvgIpc) is 2.74. The highest BCUT2D eigenvalue weighted by atomic mass is 16.5. The predicted molar refractivity (Wildman–Crippen MR) is 109 cm³/mol. The quantitative estimate of drug-likeness (QED) is 0.717. The summed E-state index contributed by atoms with van der Waals surface area (Å²) in [5.41, 5.74) is 3.41. The Kier molecular flexibility index (Phi) is 6.82. The Morgan fingerprint density at radius 2 is 1.46 bits per heavy atom. The summed E-state index contributed by atoms with van der Waals surface area (Å²) >= 11 is 0. The van der Waals surface area contributed by atoms with E-state index in [0.717, 1.165) is 25.2 Å². The molecular formula is C23H28N2O3. The molecule has 5 heteroatoms. The zero-order valence-electron chi connectivity index (χ0n) is 16.7.